The van der Waals surface area contributed by atoms with E-state index in [9.17, 15) is 4.79 Å². The maximum absolute atomic E-state index is 12.6. The monoisotopic (exact) mass is 350 g/mol. The second-order valence-electron chi connectivity index (χ2n) is 7.30. The van der Waals surface area contributed by atoms with Gasteiger partial charge in [0.2, 0.25) is 5.91 Å². The molecule has 1 aliphatic heterocycles. The summed E-state index contributed by atoms with van der Waals surface area (Å²) in [6, 6.07) is 21.2. The molecule has 0 bridgehead atoms. The lowest BCUT2D eigenvalue weighted by atomic mass is 9.97. The zero-order valence-electron chi connectivity index (χ0n) is 16.0. The molecule has 3 heteroatoms. The lowest BCUT2D eigenvalue weighted by molar-refractivity contribution is -0.119. The smallest absolute Gasteiger partial charge is 0.226 e. The van der Waals surface area contributed by atoms with E-state index in [1.807, 2.05) is 30.0 Å². The van der Waals surface area contributed by atoms with Crippen LogP contribution in [0.2, 0.25) is 0 Å². The van der Waals surface area contributed by atoms with Crippen LogP contribution in [0.15, 0.2) is 60.7 Å². The summed E-state index contributed by atoms with van der Waals surface area (Å²) in [5, 5.41) is 0. The van der Waals surface area contributed by atoms with Crippen molar-refractivity contribution in [3.8, 4) is 0 Å². The first-order valence-electron chi connectivity index (χ1n) is 9.83. The molecule has 0 N–H and O–H groups in total. The van der Waals surface area contributed by atoms with Crippen molar-refractivity contribution in [3.63, 3.8) is 0 Å². The molecule has 1 atom stereocenters. The van der Waals surface area contributed by atoms with Gasteiger partial charge in [-0.1, -0.05) is 62.4 Å². The van der Waals surface area contributed by atoms with Crippen LogP contribution in [0.5, 0.6) is 0 Å². The molecular formula is C23H30N2O. The maximum atomic E-state index is 12.6. The molecule has 0 aromatic heterocycles. The van der Waals surface area contributed by atoms with Gasteiger partial charge in [-0.05, 0) is 36.5 Å². The van der Waals surface area contributed by atoms with E-state index in [4.69, 9.17) is 0 Å². The number of carbonyl (C=O) groups is 1. The highest BCUT2D eigenvalue weighted by Crippen LogP contribution is 2.26. The predicted molar refractivity (Wildman–Crippen MR) is 109 cm³/mol. The molecule has 1 fully saturated rings. The standard InChI is InChI=1S/C23H30N2O/c1-3-23(26)25(21-12-8-5-9-13-21)22-14-16-24(17-15-22)18-19(2)20-10-6-4-7-11-20/h4-13,19,22H,3,14-18H2,1-2H3. The molecule has 3 rings (SSSR count). The molecule has 3 nitrogen and oxygen atoms in total. The van der Waals surface area contributed by atoms with Crippen molar-refractivity contribution in [1.82, 2.24) is 4.90 Å². The molecule has 0 spiro atoms. The summed E-state index contributed by atoms with van der Waals surface area (Å²) >= 11 is 0. The van der Waals surface area contributed by atoms with Crippen molar-refractivity contribution < 1.29 is 4.79 Å². The van der Waals surface area contributed by atoms with Gasteiger partial charge in [-0.2, -0.15) is 0 Å². The first-order chi connectivity index (χ1) is 12.7. The minimum atomic E-state index is 0.229. The summed E-state index contributed by atoms with van der Waals surface area (Å²) in [5.74, 6) is 0.766. The summed E-state index contributed by atoms with van der Waals surface area (Å²) < 4.78 is 0. The molecule has 1 unspecified atom stereocenters. The third-order valence-corrected chi connectivity index (χ3v) is 5.43. The molecule has 26 heavy (non-hydrogen) atoms. The van der Waals surface area contributed by atoms with Gasteiger partial charge in [0.25, 0.3) is 0 Å². The fraction of sp³-hybridized carbons (Fsp3) is 0.435. The predicted octanol–water partition coefficient (Wildman–Crippen LogP) is 4.70. The number of hydrogen-bond donors (Lipinski definition) is 0. The Morgan fingerprint density at radius 1 is 1.04 bits per heavy atom. The van der Waals surface area contributed by atoms with Gasteiger partial charge in [0.15, 0.2) is 0 Å². The Bertz CT molecular complexity index is 678. The SMILES string of the molecule is CCC(=O)N(c1ccccc1)C1CCN(CC(C)c2ccccc2)CC1. The largest absolute Gasteiger partial charge is 0.309 e. The van der Waals surface area contributed by atoms with Crippen LogP contribution in [0.25, 0.3) is 0 Å². The summed E-state index contributed by atoms with van der Waals surface area (Å²) in [7, 11) is 0. The van der Waals surface area contributed by atoms with Crippen LogP contribution in [0.1, 0.15) is 44.6 Å². The van der Waals surface area contributed by atoms with Crippen LogP contribution in [0.3, 0.4) is 0 Å². The number of hydrogen-bond acceptors (Lipinski definition) is 2. The van der Waals surface area contributed by atoms with Crippen molar-refractivity contribution in [2.45, 2.75) is 45.1 Å². The Labute approximate surface area is 157 Å². The highest BCUT2D eigenvalue weighted by Gasteiger charge is 2.28. The Kier molecular flexibility index (Phi) is 6.45. The highest BCUT2D eigenvalue weighted by molar-refractivity contribution is 5.93. The zero-order valence-corrected chi connectivity index (χ0v) is 16.0. The fourth-order valence-corrected chi connectivity index (χ4v) is 3.95. The van der Waals surface area contributed by atoms with Gasteiger partial charge in [-0.15, -0.1) is 0 Å². The van der Waals surface area contributed by atoms with E-state index >= 15 is 0 Å². The van der Waals surface area contributed by atoms with Crippen LogP contribution in [0.4, 0.5) is 5.69 Å². The average molecular weight is 351 g/mol. The van der Waals surface area contributed by atoms with Gasteiger partial charge in [-0.25, -0.2) is 0 Å². The minimum absolute atomic E-state index is 0.229. The van der Waals surface area contributed by atoms with Gasteiger partial charge in [-0.3, -0.25) is 4.79 Å². The van der Waals surface area contributed by atoms with Crippen molar-refractivity contribution in [1.29, 1.82) is 0 Å². The molecule has 1 amide bonds. The van der Waals surface area contributed by atoms with Crippen LogP contribution in [0, 0.1) is 0 Å². The van der Waals surface area contributed by atoms with E-state index in [1.165, 1.54) is 5.56 Å². The van der Waals surface area contributed by atoms with Crippen molar-refractivity contribution in [2.75, 3.05) is 24.5 Å². The number of para-hydroxylation sites is 1. The topological polar surface area (TPSA) is 23.6 Å². The second kappa shape index (κ2) is 9.00. The number of anilines is 1. The summed E-state index contributed by atoms with van der Waals surface area (Å²) in [6.07, 6.45) is 2.64. The maximum Gasteiger partial charge on any atom is 0.226 e. The number of benzene rings is 2. The number of likely N-dealkylation sites (tertiary alicyclic amines) is 1. The second-order valence-corrected chi connectivity index (χ2v) is 7.30. The van der Waals surface area contributed by atoms with E-state index in [0.29, 0.717) is 18.4 Å². The zero-order chi connectivity index (χ0) is 18.4. The van der Waals surface area contributed by atoms with Gasteiger partial charge in [0.1, 0.15) is 0 Å². The number of nitrogens with zero attached hydrogens (tertiary/aromatic N) is 2. The van der Waals surface area contributed by atoms with E-state index in [-0.39, 0.29) is 5.91 Å². The average Bonchev–Trinajstić information content (AvgIpc) is 2.71. The van der Waals surface area contributed by atoms with Crippen LogP contribution in [-0.2, 0) is 4.79 Å². The highest BCUT2D eigenvalue weighted by atomic mass is 16.2. The molecule has 0 radical (unpaired) electrons. The van der Waals surface area contributed by atoms with Gasteiger partial charge < -0.3 is 9.80 Å². The third-order valence-electron chi connectivity index (χ3n) is 5.43. The molecule has 1 heterocycles. The van der Waals surface area contributed by atoms with E-state index in [0.717, 1.165) is 38.2 Å². The quantitative estimate of drug-likeness (QED) is 0.754. The third kappa shape index (κ3) is 4.53. The van der Waals surface area contributed by atoms with Gasteiger partial charge in [0.05, 0.1) is 0 Å². The molecule has 1 aliphatic rings. The van der Waals surface area contributed by atoms with Crippen LogP contribution < -0.4 is 4.90 Å². The molecule has 0 aliphatic carbocycles. The Morgan fingerprint density at radius 3 is 2.19 bits per heavy atom. The summed E-state index contributed by atoms with van der Waals surface area (Å²) in [4.78, 5) is 17.2. The number of amides is 1. The van der Waals surface area contributed by atoms with Crippen molar-refractivity contribution in [3.05, 3.63) is 66.2 Å². The van der Waals surface area contributed by atoms with E-state index in [2.05, 4.69) is 54.3 Å². The summed E-state index contributed by atoms with van der Waals surface area (Å²) in [6.45, 7) is 7.46. The number of carbonyl (C=O) groups excluding carboxylic acids is 1. The Hall–Kier alpha value is -2.13. The van der Waals surface area contributed by atoms with Crippen molar-refractivity contribution in [2.24, 2.45) is 0 Å². The number of rotatable bonds is 6. The molecule has 1 saturated heterocycles. The molecule has 2 aromatic carbocycles. The Morgan fingerprint density at radius 2 is 1.62 bits per heavy atom. The normalized spacial score (nSPS) is 17.0. The first kappa shape index (κ1) is 18.7. The van der Waals surface area contributed by atoms with Gasteiger partial charge >= 0.3 is 0 Å². The lowest BCUT2D eigenvalue weighted by Gasteiger charge is -2.39. The number of piperidine rings is 1. The Balaban J connectivity index is 1.60. The van der Waals surface area contributed by atoms with E-state index in [1.54, 1.807) is 0 Å². The van der Waals surface area contributed by atoms with E-state index < -0.39 is 0 Å². The fourth-order valence-electron chi connectivity index (χ4n) is 3.95. The molecule has 0 saturated carbocycles. The van der Waals surface area contributed by atoms with Crippen molar-refractivity contribution >= 4 is 11.6 Å². The first-order valence-corrected chi connectivity index (χ1v) is 9.83. The van der Waals surface area contributed by atoms with Crippen LogP contribution >= 0.6 is 0 Å². The lowest BCUT2D eigenvalue weighted by Crippen LogP contribution is -2.48. The summed E-state index contributed by atoms with van der Waals surface area (Å²) in [5.41, 5.74) is 2.44. The minimum Gasteiger partial charge on any atom is -0.309 e. The molecule has 2 aromatic rings. The van der Waals surface area contributed by atoms with Gasteiger partial charge in [0, 0.05) is 37.8 Å². The molecule has 138 valence electrons. The molecular weight excluding hydrogens is 320 g/mol. The van der Waals surface area contributed by atoms with Crippen LogP contribution in [-0.4, -0.2) is 36.5 Å².